The summed E-state index contributed by atoms with van der Waals surface area (Å²) in [4.78, 5) is 4.03. The molecule has 1 aromatic heterocycles. The summed E-state index contributed by atoms with van der Waals surface area (Å²) in [7, 11) is 0. The molecule has 1 N–H and O–H groups in total. The van der Waals surface area contributed by atoms with E-state index in [1.807, 2.05) is 55.8 Å². The molecule has 1 unspecified atom stereocenters. The predicted octanol–water partition coefficient (Wildman–Crippen LogP) is 3.47. The van der Waals surface area contributed by atoms with Crippen LogP contribution in [0.4, 0.5) is 0 Å². The molecule has 1 atom stereocenters. The van der Waals surface area contributed by atoms with Gasteiger partial charge in [-0.05, 0) is 23.1 Å². The summed E-state index contributed by atoms with van der Waals surface area (Å²) in [5.41, 5.74) is -0.526. The van der Waals surface area contributed by atoms with Crippen LogP contribution in [0.1, 0.15) is 26.3 Å². The van der Waals surface area contributed by atoms with Gasteiger partial charge in [0.05, 0.1) is 12.9 Å². The van der Waals surface area contributed by atoms with Gasteiger partial charge < -0.3 is 9.67 Å². The van der Waals surface area contributed by atoms with Crippen LogP contribution in [-0.2, 0) is 12.1 Å². The summed E-state index contributed by atoms with van der Waals surface area (Å²) < 4.78 is 1.88. The lowest BCUT2D eigenvalue weighted by atomic mass is 9.72. The zero-order valence-corrected chi connectivity index (χ0v) is 12.2. The van der Waals surface area contributed by atoms with Crippen LogP contribution < -0.4 is 0 Å². The van der Waals surface area contributed by atoms with Crippen molar-refractivity contribution >= 4 is 11.6 Å². The number of nitrogens with zero attached hydrogens (tertiary/aromatic N) is 2. The number of imidazole rings is 1. The first-order valence-electron chi connectivity index (χ1n) is 6.27. The van der Waals surface area contributed by atoms with Crippen molar-refractivity contribution in [2.75, 3.05) is 0 Å². The van der Waals surface area contributed by atoms with Crippen LogP contribution in [0.3, 0.4) is 0 Å². The molecule has 0 aliphatic rings. The zero-order valence-electron chi connectivity index (χ0n) is 11.5. The number of hydrogen-bond donors (Lipinski definition) is 1. The Balaban J connectivity index is 2.46. The van der Waals surface area contributed by atoms with Crippen molar-refractivity contribution in [2.45, 2.75) is 32.9 Å². The van der Waals surface area contributed by atoms with E-state index >= 15 is 0 Å². The quantitative estimate of drug-likeness (QED) is 0.934. The van der Waals surface area contributed by atoms with Gasteiger partial charge in [0.15, 0.2) is 0 Å². The second-order valence-corrected chi connectivity index (χ2v) is 6.29. The molecule has 1 aromatic carbocycles. The highest BCUT2D eigenvalue weighted by Gasteiger charge is 2.42. The van der Waals surface area contributed by atoms with Crippen LogP contribution in [0, 0.1) is 5.41 Å². The standard InChI is InChI=1S/C15H19ClN2O/c1-14(2,3)15(19,10-18-8-7-17-11-18)12-5-4-6-13(16)9-12/h4-9,11,19H,10H2,1-3H3. The summed E-state index contributed by atoms with van der Waals surface area (Å²) in [5.74, 6) is 0. The minimum absolute atomic E-state index is 0.331. The Morgan fingerprint density at radius 1 is 1.32 bits per heavy atom. The number of aromatic nitrogens is 2. The molecular formula is C15H19ClN2O. The van der Waals surface area contributed by atoms with Crippen LogP contribution in [0.5, 0.6) is 0 Å². The first-order valence-corrected chi connectivity index (χ1v) is 6.65. The number of rotatable bonds is 3. The van der Waals surface area contributed by atoms with Crippen molar-refractivity contribution in [3.63, 3.8) is 0 Å². The molecule has 2 rings (SSSR count). The molecule has 2 aromatic rings. The van der Waals surface area contributed by atoms with Gasteiger partial charge in [-0.15, -0.1) is 0 Å². The van der Waals surface area contributed by atoms with Gasteiger partial charge in [-0.2, -0.15) is 0 Å². The maximum Gasteiger partial charge on any atom is 0.112 e. The molecule has 0 radical (unpaired) electrons. The third-order valence-corrected chi connectivity index (χ3v) is 3.75. The fourth-order valence-corrected chi connectivity index (χ4v) is 2.34. The number of hydrogen-bond acceptors (Lipinski definition) is 2. The lowest BCUT2D eigenvalue weighted by Gasteiger charge is -2.41. The van der Waals surface area contributed by atoms with Gasteiger partial charge in [0.1, 0.15) is 5.60 Å². The second-order valence-electron chi connectivity index (χ2n) is 5.86. The fraction of sp³-hybridized carbons (Fsp3) is 0.400. The van der Waals surface area contributed by atoms with Gasteiger partial charge in [-0.3, -0.25) is 0 Å². The predicted molar refractivity (Wildman–Crippen MR) is 77.0 cm³/mol. The molecule has 0 fully saturated rings. The lowest BCUT2D eigenvalue weighted by Crippen LogP contribution is -2.43. The van der Waals surface area contributed by atoms with Crippen LogP contribution in [0.15, 0.2) is 43.0 Å². The highest BCUT2D eigenvalue weighted by molar-refractivity contribution is 6.30. The van der Waals surface area contributed by atoms with Crippen LogP contribution in [0.25, 0.3) is 0 Å². The minimum atomic E-state index is -1.02. The molecule has 4 heteroatoms. The van der Waals surface area contributed by atoms with E-state index in [9.17, 15) is 5.11 Å². The molecule has 1 heterocycles. The Hall–Kier alpha value is -1.32. The topological polar surface area (TPSA) is 38.0 Å². The van der Waals surface area contributed by atoms with Crippen molar-refractivity contribution in [3.05, 3.63) is 53.6 Å². The van der Waals surface area contributed by atoms with Crippen LogP contribution in [-0.4, -0.2) is 14.7 Å². The van der Waals surface area contributed by atoms with Crippen molar-refractivity contribution in [3.8, 4) is 0 Å². The van der Waals surface area contributed by atoms with Gasteiger partial charge in [-0.25, -0.2) is 4.98 Å². The molecule has 0 spiro atoms. The highest BCUT2D eigenvalue weighted by atomic mass is 35.5. The van der Waals surface area contributed by atoms with Gasteiger partial charge >= 0.3 is 0 Å². The Morgan fingerprint density at radius 3 is 2.58 bits per heavy atom. The molecular weight excluding hydrogens is 260 g/mol. The Morgan fingerprint density at radius 2 is 2.05 bits per heavy atom. The molecule has 0 saturated heterocycles. The van der Waals surface area contributed by atoms with E-state index in [1.165, 1.54) is 0 Å². The summed E-state index contributed by atoms with van der Waals surface area (Å²) in [6.45, 7) is 6.50. The van der Waals surface area contributed by atoms with E-state index in [1.54, 1.807) is 12.5 Å². The first kappa shape index (κ1) is 14.1. The molecule has 19 heavy (non-hydrogen) atoms. The molecule has 0 aliphatic carbocycles. The largest absolute Gasteiger partial charge is 0.383 e. The van der Waals surface area contributed by atoms with E-state index in [4.69, 9.17) is 11.6 Å². The molecule has 3 nitrogen and oxygen atoms in total. The average Bonchev–Trinajstić information content (AvgIpc) is 2.80. The molecule has 102 valence electrons. The van der Waals surface area contributed by atoms with E-state index < -0.39 is 5.60 Å². The zero-order chi connectivity index (χ0) is 14.1. The normalized spacial score (nSPS) is 15.2. The summed E-state index contributed by atoms with van der Waals surface area (Å²) in [6.07, 6.45) is 5.27. The van der Waals surface area contributed by atoms with Gasteiger partial charge in [0.2, 0.25) is 0 Å². The summed E-state index contributed by atoms with van der Waals surface area (Å²) in [6, 6.07) is 7.41. The lowest BCUT2D eigenvalue weighted by molar-refractivity contribution is -0.0781. The maximum atomic E-state index is 11.2. The Labute approximate surface area is 118 Å². The summed E-state index contributed by atoms with van der Waals surface area (Å²) >= 11 is 6.05. The summed E-state index contributed by atoms with van der Waals surface area (Å²) in [5, 5.41) is 11.8. The van der Waals surface area contributed by atoms with Crippen molar-refractivity contribution in [1.29, 1.82) is 0 Å². The molecule has 0 saturated carbocycles. The Bertz CT molecular complexity index is 546. The minimum Gasteiger partial charge on any atom is -0.383 e. The average molecular weight is 279 g/mol. The van der Waals surface area contributed by atoms with E-state index in [2.05, 4.69) is 4.98 Å². The molecule has 0 aliphatic heterocycles. The van der Waals surface area contributed by atoms with E-state index in [0.29, 0.717) is 11.6 Å². The van der Waals surface area contributed by atoms with Crippen LogP contribution in [0.2, 0.25) is 5.02 Å². The Kier molecular flexibility index (Phi) is 3.70. The number of aliphatic hydroxyl groups is 1. The monoisotopic (exact) mass is 278 g/mol. The van der Waals surface area contributed by atoms with Crippen LogP contribution >= 0.6 is 11.6 Å². The SMILES string of the molecule is CC(C)(C)C(O)(Cn1ccnc1)c1cccc(Cl)c1. The second kappa shape index (κ2) is 4.99. The smallest absolute Gasteiger partial charge is 0.112 e. The third-order valence-electron chi connectivity index (χ3n) is 3.51. The van der Waals surface area contributed by atoms with E-state index in [0.717, 1.165) is 5.56 Å². The molecule has 0 bridgehead atoms. The van der Waals surface area contributed by atoms with Gasteiger partial charge in [-0.1, -0.05) is 44.5 Å². The van der Waals surface area contributed by atoms with Crippen molar-refractivity contribution in [2.24, 2.45) is 5.41 Å². The fourth-order valence-electron chi connectivity index (χ4n) is 2.15. The van der Waals surface area contributed by atoms with Crippen molar-refractivity contribution < 1.29 is 5.11 Å². The molecule has 0 amide bonds. The number of halogens is 1. The van der Waals surface area contributed by atoms with Crippen molar-refractivity contribution in [1.82, 2.24) is 9.55 Å². The van der Waals surface area contributed by atoms with E-state index in [-0.39, 0.29) is 5.41 Å². The van der Waals surface area contributed by atoms with Gasteiger partial charge in [0, 0.05) is 17.4 Å². The van der Waals surface area contributed by atoms with Gasteiger partial charge in [0.25, 0.3) is 0 Å². The third kappa shape index (κ3) is 2.82. The first-order chi connectivity index (χ1) is 8.83. The highest BCUT2D eigenvalue weighted by Crippen LogP contribution is 2.41. The maximum absolute atomic E-state index is 11.2. The number of benzene rings is 1.